The fraction of sp³-hybridized carbons (Fsp3) is 0.154. The maximum atomic E-state index is 14.0. The molecule has 0 aliphatic rings. The standard InChI is InChI=1S/C13H11FN6O2/c1-7-11-12(18-13(15)17-7)19(6-16-11)5-8-2-3-9(20(21)22)4-10(8)14/h2-4,6H,5H2,1H3,(H2,15,17,18). The predicted molar refractivity (Wildman–Crippen MR) is 76.6 cm³/mol. The maximum Gasteiger partial charge on any atom is 0.272 e. The van der Waals surface area contributed by atoms with Gasteiger partial charge in [0.1, 0.15) is 11.3 Å². The van der Waals surface area contributed by atoms with Crippen molar-refractivity contribution in [2.24, 2.45) is 0 Å². The molecule has 8 nitrogen and oxygen atoms in total. The fourth-order valence-corrected chi connectivity index (χ4v) is 2.18. The van der Waals surface area contributed by atoms with E-state index < -0.39 is 10.7 Å². The third kappa shape index (κ3) is 2.32. The van der Waals surface area contributed by atoms with E-state index in [1.807, 2.05) is 0 Å². The second kappa shape index (κ2) is 5.02. The van der Waals surface area contributed by atoms with Gasteiger partial charge in [-0.3, -0.25) is 10.1 Å². The van der Waals surface area contributed by atoms with E-state index in [4.69, 9.17) is 5.73 Å². The molecular weight excluding hydrogens is 291 g/mol. The monoisotopic (exact) mass is 302 g/mol. The summed E-state index contributed by atoms with van der Waals surface area (Å²) < 4.78 is 15.6. The number of aromatic nitrogens is 4. The smallest absolute Gasteiger partial charge is 0.272 e. The van der Waals surface area contributed by atoms with Gasteiger partial charge >= 0.3 is 0 Å². The van der Waals surface area contributed by atoms with Gasteiger partial charge in [-0.2, -0.15) is 4.98 Å². The van der Waals surface area contributed by atoms with E-state index in [0.717, 1.165) is 6.07 Å². The summed E-state index contributed by atoms with van der Waals surface area (Å²) in [5.74, 6) is -0.550. The van der Waals surface area contributed by atoms with Gasteiger partial charge in [-0.15, -0.1) is 0 Å². The molecule has 1 aromatic carbocycles. The molecule has 2 N–H and O–H groups in total. The van der Waals surface area contributed by atoms with Crippen LogP contribution in [0.4, 0.5) is 16.0 Å². The van der Waals surface area contributed by atoms with E-state index in [0.29, 0.717) is 22.4 Å². The zero-order chi connectivity index (χ0) is 15.9. The molecule has 9 heteroatoms. The first-order chi connectivity index (χ1) is 10.5. The van der Waals surface area contributed by atoms with E-state index in [-0.39, 0.29) is 18.2 Å². The van der Waals surface area contributed by atoms with Crippen LogP contribution >= 0.6 is 0 Å². The highest BCUT2D eigenvalue weighted by Gasteiger charge is 2.14. The van der Waals surface area contributed by atoms with E-state index in [1.165, 1.54) is 18.5 Å². The van der Waals surface area contributed by atoms with Gasteiger partial charge in [0, 0.05) is 11.6 Å². The molecule has 2 heterocycles. The van der Waals surface area contributed by atoms with Crippen molar-refractivity contribution in [1.82, 2.24) is 19.5 Å². The van der Waals surface area contributed by atoms with Gasteiger partial charge in [0.25, 0.3) is 5.69 Å². The van der Waals surface area contributed by atoms with Crippen LogP contribution in [0.3, 0.4) is 0 Å². The predicted octanol–water partition coefficient (Wildman–Crippen LogP) is 1.81. The molecule has 0 atom stereocenters. The summed E-state index contributed by atoms with van der Waals surface area (Å²) >= 11 is 0. The van der Waals surface area contributed by atoms with Crippen molar-refractivity contribution in [2.75, 3.05) is 5.73 Å². The van der Waals surface area contributed by atoms with Crippen LogP contribution in [0.5, 0.6) is 0 Å². The van der Waals surface area contributed by atoms with Crippen LogP contribution in [0.2, 0.25) is 0 Å². The Balaban J connectivity index is 2.02. The molecule has 22 heavy (non-hydrogen) atoms. The van der Waals surface area contributed by atoms with Gasteiger partial charge in [-0.1, -0.05) is 0 Å². The summed E-state index contributed by atoms with van der Waals surface area (Å²) in [6.07, 6.45) is 1.51. The van der Waals surface area contributed by atoms with Gasteiger partial charge in [0.05, 0.1) is 29.6 Å². The largest absolute Gasteiger partial charge is 0.368 e. The second-order valence-corrected chi connectivity index (χ2v) is 4.74. The number of benzene rings is 1. The van der Waals surface area contributed by atoms with Gasteiger partial charge in [-0.05, 0) is 13.0 Å². The summed E-state index contributed by atoms with van der Waals surface area (Å²) in [5.41, 5.74) is 7.31. The number of fused-ring (bicyclic) bond motifs is 1. The number of non-ortho nitro benzene ring substituents is 1. The Kier molecular flexibility index (Phi) is 3.17. The zero-order valence-corrected chi connectivity index (χ0v) is 11.5. The van der Waals surface area contributed by atoms with Gasteiger partial charge < -0.3 is 10.3 Å². The Morgan fingerprint density at radius 2 is 2.18 bits per heavy atom. The summed E-state index contributed by atoms with van der Waals surface area (Å²) in [4.78, 5) is 22.3. The first kappa shape index (κ1) is 13.9. The minimum Gasteiger partial charge on any atom is -0.368 e. The number of nitrogen functional groups attached to an aromatic ring is 1. The van der Waals surface area contributed by atoms with Gasteiger partial charge in [0.2, 0.25) is 5.95 Å². The van der Waals surface area contributed by atoms with E-state index >= 15 is 0 Å². The number of nitro groups is 1. The molecule has 3 rings (SSSR count). The van der Waals surface area contributed by atoms with Crippen LogP contribution in [0.15, 0.2) is 24.5 Å². The molecule has 2 aromatic heterocycles. The van der Waals surface area contributed by atoms with E-state index in [9.17, 15) is 14.5 Å². The average molecular weight is 302 g/mol. The molecule has 112 valence electrons. The molecule has 0 spiro atoms. The minimum atomic E-state index is -0.658. The Bertz CT molecular complexity index is 892. The highest BCUT2D eigenvalue weighted by atomic mass is 19.1. The molecule has 0 bridgehead atoms. The first-order valence-electron chi connectivity index (χ1n) is 6.33. The van der Waals surface area contributed by atoms with Crippen molar-refractivity contribution in [2.45, 2.75) is 13.5 Å². The SMILES string of the molecule is Cc1nc(N)nc2c1ncn2Cc1ccc([N+](=O)[O-])cc1F. The van der Waals surface area contributed by atoms with Crippen LogP contribution in [-0.2, 0) is 6.54 Å². The lowest BCUT2D eigenvalue weighted by Crippen LogP contribution is -2.04. The molecule has 0 aliphatic heterocycles. The zero-order valence-electron chi connectivity index (χ0n) is 11.5. The van der Waals surface area contributed by atoms with Crippen LogP contribution < -0.4 is 5.73 Å². The lowest BCUT2D eigenvalue weighted by atomic mass is 10.2. The molecule has 0 saturated heterocycles. The third-order valence-electron chi connectivity index (χ3n) is 3.24. The van der Waals surface area contributed by atoms with E-state index in [1.54, 1.807) is 11.5 Å². The number of nitrogens with two attached hydrogens (primary N) is 1. The molecule has 3 aromatic rings. The van der Waals surface area contributed by atoms with Crippen molar-refractivity contribution in [3.63, 3.8) is 0 Å². The summed E-state index contributed by atoms with van der Waals surface area (Å²) in [6.45, 7) is 1.89. The number of anilines is 1. The number of halogens is 1. The summed E-state index contributed by atoms with van der Waals surface area (Å²) in [6, 6.07) is 3.52. The molecular formula is C13H11FN6O2. The Morgan fingerprint density at radius 3 is 2.86 bits per heavy atom. The molecule has 0 amide bonds. The average Bonchev–Trinajstić information content (AvgIpc) is 2.84. The van der Waals surface area contributed by atoms with Crippen molar-refractivity contribution in [3.05, 3.63) is 51.7 Å². The lowest BCUT2D eigenvalue weighted by Gasteiger charge is -2.06. The van der Waals surface area contributed by atoms with Gasteiger partial charge in [-0.25, -0.2) is 14.4 Å². The number of hydrogen-bond donors (Lipinski definition) is 1. The Labute approximate surface area is 123 Å². The first-order valence-corrected chi connectivity index (χ1v) is 6.33. The highest BCUT2D eigenvalue weighted by molar-refractivity contribution is 5.74. The second-order valence-electron chi connectivity index (χ2n) is 4.74. The fourth-order valence-electron chi connectivity index (χ4n) is 2.18. The van der Waals surface area contributed by atoms with Gasteiger partial charge in [0.15, 0.2) is 5.65 Å². The van der Waals surface area contributed by atoms with E-state index in [2.05, 4.69) is 15.0 Å². The highest BCUT2D eigenvalue weighted by Crippen LogP contribution is 2.20. The molecule has 0 radical (unpaired) electrons. The van der Waals surface area contributed by atoms with Crippen LogP contribution in [-0.4, -0.2) is 24.4 Å². The minimum absolute atomic E-state index is 0.107. The topological polar surface area (TPSA) is 113 Å². The number of imidazole rings is 1. The normalized spacial score (nSPS) is 11.0. The molecule has 0 unspecified atom stereocenters. The quantitative estimate of drug-likeness (QED) is 0.583. The van der Waals surface area contributed by atoms with Crippen molar-refractivity contribution < 1.29 is 9.31 Å². The number of hydrogen-bond acceptors (Lipinski definition) is 6. The number of nitrogens with zero attached hydrogens (tertiary/aromatic N) is 5. The third-order valence-corrected chi connectivity index (χ3v) is 3.24. The van der Waals surface area contributed by atoms with Crippen molar-refractivity contribution in [3.8, 4) is 0 Å². The van der Waals surface area contributed by atoms with Crippen LogP contribution in [0.25, 0.3) is 11.2 Å². The summed E-state index contributed by atoms with van der Waals surface area (Å²) in [7, 11) is 0. The summed E-state index contributed by atoms with van der Waals surface area (Å²) in [5, 5.41) is 10.6. The molecule has 0 aliphatic carbocycles. The van der Waals surface area contributed by atoms with Crippen LogP contribution in [0, 0.1) is 22.9 Å². The number of rotatable bonds is 3. The van der Waals surface area contributed by atoms with Crippen molar-refractivity contribution in [1.29, 1.82) is 0 Å². The molecule has 0 saturated carbocycles. The Morgan fingerprint density at radius 1 is 1.41 bits per heavy atom. The van der Waals surface area contributed by atoms with Crippen molar-refractivity contribution >= 4 is 22.8 Å². The lowest BCUT2D eigenvalue weighted by molar-refractivity contribution is -0.385. The number of aryl methyl sites for hydroxylation is 1. The Hall–Kier alpha value is -3.10. The number of nitro benzene ring substituents is 1. The molecule has 0 fully saturated rings. The van der Waals surface area contributed by atoms with Crippen LogP contribution in [0.1, 0.15) is 11.3 Å². The maximum absolute atomic E-state index is 14.0.